The van der Waals surface area contributed by atoms with Gasteiger partial charge in [-0.25, -0.2) is 8.42 Å². The van der Waals surface area contributed by atoms with Gasteiger partial charge in [0.15, 0.2) is 0 Å². The second-order valence-corrected chi connectivity index (χ2v) is 10.9. The number of aromatic amines is 1. The van der Waals surface area contributed by atoms with Crippen molar-refractivity contribution in [2.75, 3.05) is 33.4 Å². The molecule has 39 heavy (non-hydrogen) atoms. The van der Waals surface area contributed by atoms with Crippen LogP contribution in [0.25, 0.3) is 10.9 Å². The number of nitrogens with one attached hydrogen (secondary N) is 1. The van der Waals surface area contributed by atoms with Gasteiger partial charge in [-0.2, -0.15) is 4.31 Å². The number of aromatic nitrogens is 1. The first-order valence-electron chi connectivity index (χ1n) is 12.4. The molecule has 4 rings (SSSR count). The zero-order chi connectivity index (χ0) is 27.8. The fourth-order valence-electron chi connectivity index (χ4n) is 4.31. The number of sulfonamides is 1. The molecule has 0 spiro atoms. The summed E-state index contributed by atoms with van der Waals surface area (Å²) in [6.45, 7) is 0.323. The van der Waals surface area contributed by atoms with Gasteiger partial charge in [-0.05, 0) is 35.7 Å². The van der Waals surface area contributed by atoms with Crippen LogP contribution in [0.5, 0.6) is 0 Å². The van der Waals surface area contributed by atoms with Crippen LogP contribution in [0.2, 0.25) is 0 Å². The summed E-state index contributed by atoms with van der Waals surface area (Å²) >= 11 is 0. The number of H-pyrrole nitrogens is 1. The number of para-hydroxylation sites is 1. The Labute approximate surface area is 227 Å². The van der Waals surface area contributed by atoms with Crippen molar-refractivity contribution in [1.29, 1.82) is 0 Å². The van der Waals surface area contributed by atoms with Gasteiger partial charge in [-0.3, -0.25) is 14.9 Å². The van der Waals surface area contributed by atoms with Gasteiger partial charge in [0, 0.05) is 56.0 Å². The maximum absolute atomic E-state index is 13.6. The number of nitrogens with zero attached hydrogens (tertiary/aromatic N) is 3. The molecule has 0 saturated heterocycles. The van der Waals surface area contributed by atoms with Crippen LogP contribution in [0, 0.1) is 10.1 Å². The third-order valence-electron chi connectivity index (χ3n) is 6.44. The summed E-state index contributed by atoms with van der Waals surface area (Å²) in [5, 5.41) is 12.1. The standard InChI is InChI=1S/C28H30N4O6S/c1-38-18-17-31(39(36,37)25-13-11-24(12-14-25)32(34)35)21-28(33)30(20-22-7-3-2-4-8-22)16-15-23-19-29-27-10-6-5-9-26(23)27/h2-14,19,29H,15-18,20-21H2,1H3. The van der Waals surface area contributed by atoms with Gasteiger partial charge in [-0.1, -0.05) is 48.5 Å². The van der Waals surface area contributed by atoms with E-state index in [2.05, 4.69) is 4.98 Å². The van der Waals surface area contributed by atoms with E-state index >= 15 is 0 Å². The van der Waals surface area contributed by atoms with E-state index in [1.165, 1.54) is 19.2 Å². The molecule has 0 aliphatic heterocycles. The summed E-state index contributed by atoms with van der Waals surface area (Å²) in [4.78, 5) is 28.8. The summed E-state index contributed by atoms with van der Waals surface area (Å²) in [7, 11) is -2.68. The zero-order valence-electron chi connectivity index (χ0n) is 21.5. The number of rotatable bonds is 13. The molecule has 0 aliphatic carbocycles. The second-order valence-electron chi connectivity index (χ2n) is 8.99. The predicted octanol–water partition coefficient (Wildman–Crippen LogP) is 3.98. The molecule has 10 nitrogen and oxygen atoms in total. The molecular weight excluding hydrogens is 520 g/mol. The lowest BCUT2D eigenvalue weighted by atomic mass is 10.1. The first-order chi connectivity index (χ1) is 18.8. The lowest BCUT2D eigenvalue weighted by Gasteiger charge is -2.27. The molecule has 11 heteroatoms. The minimum Gasteiger partial charge on any atom is -0.383 e. The van der Waals surface area contributed by atoms with Gasteiger partial charge in [0.2, 0.25) is 15.9 Å². The van der Waals surface area contributed by atoms with Crippen LogP contribution >= 0.6 is 0 Å². The summed E-state index contributed by atoms with van der Waals surface area (Å²) < 4.78 is 33.1. The summed E-state index contributed by atoms with van der Waals surface area (Å²) in [6, 6.07) is 22.1. The highest BCUT2D eigenvalue weighted by Gasteiger charge is 2.29. The number of benzene rings is 3. The molecule has 1 amide bonds. The van der Waals surface area contributed by atoms with E-state index in [1.54, 1.807) is 4.90 Å². The highest BCUT2D eigenvalue weighted by Crippen LogP contribution is 2.21. The van der Waals surface area contributed by atoms with Crippen molar-refractivity contribution in [2.24, 2.45) is 0 Å². The van der Waals surface area contributed by atoms with Crippen molar-refractivity contribution in [3.05, 3.63) is 106 Å². The molecule has 0 saturated carbocycles. The van der Waals surface area contributed by atoms with E-state index < -0.39 is 21.5 Å². The van der Waals surface area contributed by atoms with E-state index in [0.29, 0.717) is 19.5 Å². The number of nitro benzene ring substituents is 1. The Bertz CT molecular complexity index is 1520. The molecule has 3 aromatic carbocycles. The SMILES string of the molecule is COCCN(CC(=O)N(CCc1c[nH]c2ccccc12)Cc1ccccc1)S(=O)(=O)c1ccc([N+](=O)[O-])cc1. The first-order valence-corrected chi connectivity index (χ1v) is 13.8. The Morgan fingerprint density at radius 1 is 0.974 bits per heavy atom. The van der Waals surface area contributed by atoms with Crippen LogP contribution in [0.1, 0.15) is 11.1 Å². The lowest BCUT2D eigenvalue weighted by Crippen LogP contribution is -2.44. The van der Waals surface area contributed by atoms with Gasteiger partial charge in [0.05, 0.1) is 23.0 Å². The molecule has 0 unspecified atom stereocenters. The molecule has 0 fully saturated rings. The van der Waals surface area contributed by atoms with Crippen molar-refractivity contribution in [3.8, 4) is 0 Å². The Hall–Kier alpha value is -4.06. The topological polar surface area (TPSA) is 126 Å². The number of fused-ring (bicyclic) bond motifs is 1. The van der Waals surface area contributed by atoms with Crippen LogP contribution in [-0.4, -0.2) is 66.8 Å². The third kappa shape index (κ3) is 6.88. The van der Waals surface area contributed by atoms with Crippen molar-refractivity contribution >= 4 is 32.5 Å². The number of ether oxygens (including phenoxy) is 1. The molecule has 0 bridgehead atoms. The number of non-ortho nitro benzene ring substituents is 1. The van der Waals surface area contributed by atoms with Crippen LogP contribution in [0.3, 0.4) is 0 Å². The largest absolute Gasteiger partial charge is 0.383 e. The number of carbonyl (C=O) groups excluding carboxylic acids is 1. The van der Waals surface area contributed by atoms with Crippen molar-refractivity contribution in [3.63, 3.8) is 0 Å². The molecule has 1 heterocycles. The van der Waals surface area contributed by atoms with Gasteiger partial charge >= 0.3 is 0 Å². The minimum atomic E-state index is -4.13. The average Bonchev–Trinajstić information content (AvgIpc) is 3.36. The average molecular weight is 551 g/mol. The molecule has 1 aromatic heterocycles. The van der Waals surface area contributed by atoms with E-state index in [1.807, 2.05) is 60.8 Å². The summed E-state index contributed by atoms with van der Waals surface area (Å²) in [5.74, 6) is -0.361. The van der Waals surface area contributed by atoms with E-state index in [9.17, 15) is 23.3 Å². The van der Waals surface area contributed by atoms with E-state index in [-0.39, 0.29) is 29.6 Å². The van der Waals surface area contributed by atoms with E-state index in [0.717, 1.165) is 38.5 Å². The monoisotopic (exact) mass is 550 g/mol. The van der Waals surface area contributed by atoms with Crippen LogP contribution < -0.4 is 0 Å². The quantitative estimate of drug-likeness (QED) is 0.198. The van der Waals surface area contributed by atoms with Gasteiger partial charge in [-0.15, -0.1) is 0 Å². The Morgan fingerprint density at radius 3 is 2.36 bits per heavy atom. The molecule has 0 atom stereocenters. The molecular formula is C28H30N4O6S. The van der Waals surface area contributed by atoms with Gasteiger partial charge in [0.25, 0.3) is 5.69 Å². The summed E-state index contributed by atoms with van der Waals surface area (Å²) in [6.07, 6.45) is 2.51. The normalized spacial score (nSPS) is 11.6. The molecule has 4 aromatic rings. The number of hydrogen-bond acceptors (Lipinski definition) is 6. The van der Waals surface area contributed by atoms with Crippen molar-refractivity contribution < 1.29 is 22.9 Å². The number of nitro groups is 1. The van der Waals surface area contributed by atoms with Crippen LogP contribution in [0.15, 0.2) is 90.0 Å². The third-order valence-corrected chi connectivity index (χ3v) is 8.30. The van der Waals surface area contributed by atoms with Crippen molar-refractivity contribution in [1.82, 2.24) is 14.2 Å². The first kappa shape index (κ1) is 28.0. The van der Waals surface area contributed by atoms with Crippen molar-refractivity contribution in [2.45, 2.75) is 17.9 Å². The van der Waals surface area contributed by atoms with Crippen LogP contribution in [0.4, 0.5) is 5.69 Å². The maximum Gasteiger partial charge on any atom is 0.269 e. The molecule has 1 N–H and O–H groups in total. The zero-order valence-corrected chi connectivity index (χ0v) is 22.3. The highest BCUT2D eigenvalue weighted by molar-refractivity contribution is 7.89. The molecule has 0 radical (unpaired) electrons. The summed E-state index contributed by atoms with van der Waals surface area (Å²) in [5.41, 5.74) is 2.77. The maximum atomic E-state index is 13.6. The number of methoxy groups -OCH3 is 1. The Morgan fingerprint density at radius 2 is 1.67 bits per heavy atom. The predicted molar refractivity (Wildman–Crippen MR) is 148 cm³/mol. The van der Waals surface area contributed by atoms with Gasteiger partial charge < -0.3 is 14.6 Å². The smallest absolute Gasteiger partial charge is 0.269 e. The molecule has 204 valence electrons. The van der Waals surface area contributed by atoms with E-state index in [4.69, 9.17) is 4.74 Å². The number of hydrogen-bond donors (Lipinski definition) is 1. The number of amides is 1. The van der Waals surface area contributed by atoms with Crippen LogP contribution in [-0.2, 0) is 32.5 Å². The Balaban J connectivity index is 1.57. The molecule has 0 aliphatic rings. The number of carbonyl (C=O) groups is 1. The Kier molecular flexibility index (Phi) is 9.07. The highest BCUT2D eigenvalue weighted by atomic mass is 32.2. The van der Waals surface area contributed by atoms with Gasteiger partial charge in [0.1, 0.15) is 0 Å². The second kappa shape index (κ2) is 12.7. The lowest BCUT2D eigenvalue weighted by molar-refractivity contribution is -0.384. The fourth-order valence-corrected chi connectivity index (χ4v) is 5.68. The fraction of sp³-hybridized carbons (Fsp3) is 0.250. The minimum absolute atomic E-state index is 0.0524.